The summed E-state index contributed by atoms with van der Waals surface area (Å²) in [5.41, 5.74) is 6.39. The summed E-state index contributed by atoms with van der Waals surface area (Å²) >= 11 is 0. The Morgan fingerprint density at radius 3 is 2.52 bits per heavy atom. The van der Waals surface area contributed by atoms with Crippen molar-refractivity contribution in [3.8, 4) is 0 Å². The van der Waals surface area contributed by atoms with Crippen LogP contribution in [0.25, 0.3) is 0 Å². The molecule has 1 aliphatic carbocycles. The third-order valence-electron chi connectivity index (χ3n) is 4.61. The van der Waals surface area contributed by atoms with Crippen molar-refractivity contribution in [3.63, 3.8) is 0 Å². The van der Waals surface area contributed by atoms with Crippen LogP contribution in [-0.4, -0.2) is 0 Å². The van der Waals surface area contributed by atoms with Gasteiger partial charge < -0.3 is 0 Å². The first-order valence-corrected chi connectivity index (χ1v) is 8.57. The minimum atomic E-state index is 0.347. The molecule has 1 aliphatic rings. The van der Waals surface area contributed by atoms with Crippen LogP contribution in [0.2, 0.25) is 0 Å². The predicted molar refractivity (Wildman–Crippen MR) is 96.5 cm³/mol. The first-order chi connectivity index (χ1) is 9.86. The molecule has 0 bridgehead atoms. The molecule has 21 heavy (non-hydrogen) atoms. The van der Waals surface area contributed by atoms with Crippen LogP contribution >= 0.6 is 0 Å². The lowest BCUT2D eigenvalue weighted by Crippen LogP contribution is -2.19. The van der Waals surface area contributed by atoms with E-state index >= 15 is 0 Å². The molecule has 0 spiro atoms. The second kappa shape index (κ2) is 8.41. The minimum absolute atomic E-state index is 0.347. The fraction of sp³-hybridized carbons (Fsp3) is 0.619. The van der Waals surface area contributed by atoms with Gasteiger partial charge >= 0.3 is 0 Å². The van der Waals surface area contributed by atoms with Crippen molar-refractivity contribution in [1.82, 2.24) is 0 Å². The predicted octanol–water partition coefficient (Wildman–Crippen LogP) is 7.15. The van der Waals surface area contributed by atoms with E-state index in [1.807, 2.05) is 0 Å². The zero-order chi connectivity index (χ0) is 15.9. The molecular weight excluding hydrogens is 252 g/mol. The van der Waals surface area contributed by atoms with E-state index in [0.717, 1.165) is 12.8 Å². The third kappa shape index (κ3) is 6.08. The summed E-state index contributed by atoms with van der Waals surface area (Å²) in [5, 5.41) is 0. The molecule has 0 heteroatoms. The van der Waals surface area contributed by atoms with E-state index in [2.05, 4.69) is 65.8 Å². The van der Waals surface area contributed by atoms with Crippen LogP contribution in [0, 0.1) is 5.41 Å². The molecule has 0 aromatic carbocycles. The summed E-state index contributed by atoms with van der Waals surface area (Å²) in [6, 6.07) is 0. The first kappa shape index (κ1) is 18.0. The van der Waals surface area contributed by atoms with Gasteiger partial charge in [0.05, 0.1) is 0 Å². The summed E-state index contributed by atoms with van der Waals surface area (Å²) in [6.07, 6.45) is 16.8. The van der Waals surface area contributed by atoms with Gasteiger partial charge in [-0.05, 0) is 70.3 Å². The summed E-state index contributed by atoms with van der Waals surface area (Å²) in [5.74, 6) is 0. The highest BCUT2D eigenvalue weighted by atomic mass is 14.3. The molecule has 0 aliphatic heterocycles. The number of hydrogen-bond donors (Lipinski definition) is 0. The Kier molecular flexibility index (Phi) is 7.22. The maximum absolute atomic E-state index is 2.38. The molecule has 0 atom stereocenters. The van der Waals surface area contributed by atoms with Gasteiger partial charge in [0.25, 0.3) is 0 Å². The van der Waals surface area contributed by atoms with Crippen LogP contribution in [0.4, 0.5) is 0 Å². The van der Waals surface area contributed by atoms with Gasteiger partial charge in [-0.1, -0.05) is 61.8 Å². The van der Waals surface area contributed by atoms with Crippen LogP contribution in [0.5, 0.6) is 0 Å². The van der Waals surface area contributed by atoms with Gasteiger partial charge in [0.15, 0.2) is 0 Å². The SMILES string of the molecule is CC/C=C(\C)CC/C=C(C)/C=C/C1=C(C)CCCC1(C)C. The van der Waals surface area contributed by atoms with E-state index in [-0.39, 0.29) is 0 Å². The largest absolute Gasteiger partial charge is 0.0859 e. The van der Waals surface area contributed by atoms with E-state index in [4.69, 9.17) is 0 Å². The van der Waals surface area contributed by atoms with E-state index in [0.29, 0.717) is 5.41 Å². The maximum atomic E-state index is 2.38. The summed E-state index contributed by atoms with van der Waals surface area (Å²) in [4.78, 5) is 0. The summed E-state index contributed by atoms with van der Waals surface area (Å²) in [6.45, 7) is 13.7. The van der Waals surface area contributed by atoms with E-state index < -0.39 is 0 Å². The lowest BCUT2D eigenvalue weighted by molar-refractivity contribution is 0.377. The number of hydrogen-bond acceptors (Lipinski definition) is 0. The molecule has 1 rings (SSSR count). The minimum Gasteiger partial charge on any atom is -0.0859 e. The number of rotatable bonds is 6. The lowest BCUT2D eigenvalue weighted by Gasteiger charge is -2.32. The zero-order valence-electron chi connectivity index (χ0n) is 15.1. The van der Waals surface area contributed by atoms with Gasteiger partial charge in [-0.2, -0.15) is 0 Å². The second-order valence-electron chi connectivity index (χ2n) is 7.21. The molecule has 0 aromatic heterocycles. The Morgan fingerprint density at radius 1 is 1.19 bits per heavy atom. The average Bonchev–Trinajstić information content (AvgIpc) is 2.37. The molecule has 118 valence electrons. The van der Waals surface area contributed by atoms with Crippen LogP contribution in [0.3, 0.4) is 0 Å². The van der Waals surface area contributed by atoms with Crippen molar-refractivity contribution >= 4 is 0 Å². The highest BCUT2D eigenvalue weighted by Crippen LogP contribution is 2.40. The first-order valence-electron chi connectivity index (χ1n) is 8.57. The van der Waals surface area contributed by atoms with Gasteiger partial charge in [0.2, 0.25) is 0 Å². The quantitative estimate of drug-likeness (QED) is 0.359. The van der Waals surface area contributed by atoms with Gasteiger partial charge in [-0.3, -0.25) is 0 Å². The van der Waals surface area contributed by atoms with Gasteiger partial charge in [-0.25, -0.2) is 0 Å². The topological polar surface area (TPSA) is 0 Å². The maximum Gasteiger partial charge on any atom is -0.0104 e. The molecular formula is C21H34. The van der Waals surface area contributed by atoms with Crippen molar-refractivity contribution in [3.05, 3.63) is 46.6 Å². The molecule has 0 fully saturated rings. The molecule has 0 nitrogen and oxygen atoms in total. The lowest BCUT2D eigenvalue weighted by atomic mass is 9.72. The van der Waals surface area contributed by atoms with Crippen LogP contribution in [0.15, 0.2) is 46.6 Å². The van der Waals surface area contributed by atoms with Crippen molar-refractivity contribution in [2.24, 2.45) is 5.41 Å². The highest BCUT2D eigenvalue weighted by molar-refractivity contribution is 5.35. The normalized spacial score (nSPS) is 20.5. The average molecular weight is 287 g/mol. The van der Waals surface area contributed by atoms with E-state index in [1.165, 1.54) is 36.8 Å². The van der Waals surface area contributed by atoms with Gasteiger partial charge in [0.1, 0.15) is 0 Å². The Hall–Kier alpha value is -1.04. The van der Waals surface area contributed by atoms with Gasteiger partial charge in [-0.15, -0.1) is 0 Å². The van der Waals surface area contributed by atoms with Crippen molar-refractivity contribution in [2.75, 3.05) is 0 Å². The van der Waals surface area contributed by atoms with Crippen LogP contribution < -0.4 is 0 Å². The zero-order valence-corrected chi connectivity index (χ0v) is 15.1. The number of allylic oxidation sites excluding steroid dienone is 8. The Labute approximate surface area is 132 Å². The van der Waals surface area contributed by atoms with E-state index in [9.17, 15) is 0 Å². The smallest absolute Gasteiger partial charge is 0.0104 e. The molecule has 0 unspecified atom stereocenters. The van der Waals surface area contributed by atoms with Crippen molar-refractivity contribution in [1.29, 1.82) is 0 Å². The summed E-state index contributed by atoms with van der Waals surface area (Å²) < 4.78 is 0. The molecule has 0 N–H and O–H groups in total. The van der Waals surface area contributed by atoms with Crippen molar-refractivity contribution < 1.29 is 0 Å². The molecule has 0 radical (unpaired) electrons. The molecule has 0 heterocycles. The Bertz CT molecular complexity index is 452. The van der Waals surface area contributed by atoms with Crippen LogP contribution in [-0.2, 0) is 0 Å². The Morgan fingerprint density at radius 2 is 1.90 bits per heavy atom. The molecule has 0 amide bonds. The molecule has 0 saturated carbocycles. The Balaban J connectivity index is 2.65. The van der Waals surface area contributed by atoms with E-state index in [1.54, 1.807) is 11.1 Å². The third-order valence-corrected chi connectivity index (χ3v) is 4.61. The highest BCUT2D eigenvalue weighted by Gasteiger charge is 2.26. The van der Waals surface area contributed by atoms with Gasteiger partial charge in [0, 0.05) is 0 Å². The monoisotopic (exact) mass is 286 g/mol. The second-order valence-corrected chi connectivity index (χ2v) is 7.21. The fourth-order valence-corrected chi connectivity index (χ4v) is 3.27. The molecule has 0 aromatic rings. The standard InChI is InChI=1S/C21H34/c1-7-10-17(2)11-8-12-18(3)14-15-20-19(4)13-9-16-21(20,5)6/h10,12,14-15H,7-9,11,13,16H2,1-6H3/b15-14+,17-10+,18-12+. The summed E-state index contributed by atoms with van der Waals surface area (Å²) in [7, 11) is 0. The van der Waals surface area contributed by atoms with Crippen molar-refractivity contribution in [2.45, 2.75) is 80.1 Å². The molecule has 0 saturated heterocycles. The fourth-order valence-electron chi connectivity index (χ4n) is 3.27. The van der Waals surface area contributed by atoms with Crippen LogP contribution in [0.1, 0.15) is 80.1 Å².